The molecule has 1 aliphatic rings. The molecule has 0 unspecified atom stereocenters. The fourth-order valence-electron chi connectivity index (χ4n) is 1.52. The van der Waals surface area contributed by atoms with E-state index in [4.69, 9.17) is 0 Å². The molecule has 0 fully saturated rings. The number of rotatable bonds is 0. The Morgan fingerprint density at radius 3 is 2.50 bits per heavy atom. The third-order valence-electron chi connectivity index (χ3n) is 1.67. The summed E-state index contributed by atoms with van der Waals surface area (Å²) in [5.74, 6) is 0.411. The van der Waals surface area contributed by atoms with Crippen molar-refractivity contribution < 1.29 is 5.11 Å². The van der Waals surface area contributed by atoms with Gasteiger partial charge in [0.05, 0.1) is 0 Å². The molecule has 0 saturated carbocycles. The van der Waals surface area contributed by atoms with Crippen LogP contribution in [0, 0.1) is 5.41 Å². The van der Waals surface area contributed by atoms with E-state index in [2.05, 4.69) is 13.8 Å². The molecule has 0 spiro atoms. The first kappa shape index (κ1) is 7.39. The maximum atomic E-state index is 9.20. The summed E-state index contributed by atoms with van der Waals surface area (Å²) in [5, 5.41) is 9.20. The second kappa shape index (κ2) is 2.15. The molecule has 1 rings (SSSR count). The highest BCUT2D eigenvalue weighted by Gasteiger charge is 2.19. The van der Waals surface area contributed by atoms with Crippen LogP contribution in [-0.4, -0.2) is 5.11 Å². The zero-order valence-corrected chi connectivity index (χ0v) is 6.81. The lowest BCUT2D eigenvalue weighted by Gasteiger charge is -2.24. The van der Waals surface area contributed by atoms with Crippen LogP contribution in [0.2, 0.25) is 0 Å². The second-order valence-electron chi connectivity index (χ2n) is 3.73. The second-order valence-corrected chi connectivity index (χ2v) is 3.73. The lowest BCUT2D eigenvalue weighted by Crippen LogP contribution is -2.12. The van der Waals surface area contributed by atoms with Crippen LogP contribution in [0.15, 0.2) is 23.5 Å². The topological polar surface area (TPSA) is 20.2 Å². The quantitative estimate of drug-likeness (QED) is 0.545. The lowest BCUT2D eigenvalue weighted by atomic mass is 9.82. The summed E-state index contributed by atoms with van der Waals surface area (Å²) in [6.07, 6.45) is 4.78. The fourth-order valence-corrected chi connectivity index (χ4v) is 1.52. The first-order chi connectivity index (χ1) is 4.49. The van der Waals surface area contributed by atoms with Crippen LogP contribution in [0.1, 0.15) is 27.2 Å². The van der Waals surface area contributed by atoms with Crippen LogP contribution < -0.4 is 0 Å². The van der Waals surface area contributed by atoms with Gasteiger partial charge in [0.2, 0.25) is 0 Å². The normalized spacial score (nSPS) is 23.5. The van der Waals surface area contributed by atoms with Crippen LogP contribution in [0.3, 0.4) is 0 Å². The summed E-state index contributed by atoms with van der Waals surface area (Å²) in [6, 6.07) is 0. The fraction of sp³-hybridized carbons (Fsp3) is 0.556. The molecule has 0 heterocycles. The minimum Gasteiger partial charge on any atom is -0.508 e. The average molecular weight is 138 g/mol. The smallest absolute Gasteiger partial charge is 0.112 e. The summed E-state index contributed by atoms with van der Waals surface area (Å²) in [6.45, 7) is 6.30. The molecule has 0 saturated heterocycles. The van der Waals surface area contributed by atoms with Crippen molar-refractivity contribution >= 4 is 0 Å². The minimum atomic E-state index is 0.142. The van der Waals surface area contributed by atoms with Gasteiger partial charge < -0.3 is 5.11 Å². The number of hydrogen-bond acceptors (Lipinski definition) is 1. The molecule has 1 heteroatoms. The Bertz CT molecular complexity index is 197. The van der Waals surface area contributed by atoms with Crippen LogP contribution in [0.5, 0.6) is 0 Å². The third kappa shape index (κ3) is 1.63. The van der Waals surface area contributed by atoms with Crippen molar-refractivity contribution in [2.75, 3.05) is 0 Å². The van der Waals surface area contributed by atoms with Gasteiger partial charge in [-0.2, -0.15) is 0 Å². The van der Waals surface area contributed by atoms with Crippen molar-refractivity contribution in [3.8, 4) is 0 Å². The summed E-state index contributed by atoms with van der Waals surface area (Å²) in [4.78, 5) is 0. The van der Waals surface area contributed by atoms with Gasteiger partial charge in [-0.15, -0.1) is 0 Å². The molecule has 0 atom stereocenters. The van der Waals surface area contributed by atoms with Crippen LogP contribution in [0.25, 0.3) is 0 Å². The number of aliphatic hydroxyl groups is 1. The van der Waals surface area contributed by atoms with Gasteiger partial charge >= 0.3 is 0 Å². The highest BCUT2D eigenvalue weighted by molar-refractivity contribution is 5.25. The first-order valence-electron chi connectivity index (χ1n) is 3.59. The molecule has 56 valence electrons. The Kier molecular flexibility index (Phi) is 1.59. The van der Waals surface area contributed by atoms with Crippen molar-refractivity contribution in [1.82, 2.24) is 0 Å². The molecule has 0 aromatic heterocycles. The molecule has 1 aliphatic carbocycles. The van der Waals surface area contributed by atoms with Gasteiger partial charge in [-0.3, -0.25) is 0 Å². The third-order valence-corrected chi connectivity index (χ3v) is 1.67. The lowest BCUT2D eigenvalue weighted by molar-refractivity contribution is 0.382. The molecule has 0 aromatic carbocycles. The van der Waals surface area contributed by atoms with Gasteiger partial charge in [0, 0.05) is 0 Å². The van der Waals surface area contributed by atoms with Crippen LogP contribution in [0.4, 0.5) is 0 Å². The number of allylic oxidation sites excluding steroid dienone is 3. The predicted octanol–water partition coefficient (Wildman–Crippen LogP) is 2.80. The van der Waals surface area contributed by atoms with Crippen LogP contribution >= 0.6 is 0 Å². The molecule has 1 N–H and O–H groups in total. The van der Waals surface area contributed by atoms with Gasteiger partial charge in [0.15, 0.2) is 0 Å². The summed E-state index contributed by atoms with van der Waals surface area (Å²) < 4.78 is 0. The van der Waals surface area contributed by atoms with Crippen molar-refractivity contribution in [3.63, 3.8) is 0 Å². The molecule has 0 aromatic rings. The molecule has 0 bridgehead atoms. The van der Waals surface area contributed by atoms with Gasteiger partial charge in [-0.25, -0.2) is 0 Å². The van der Waals surface area contributed by atoms with E-state index in [-0.39, 0.29) is 5.41 Å². The standard InChI is InChI=1S/C9H14O/c1-7-4-8(10)6-9(2,3)5-7/h4,6,10H,5H2,1-3H3. The Labute approximate surface area is 62.1 Å². The van der Waals surface area contributed by atoms with E-state index in [9.17, 15) is 5.11 Å². The predicted molar refractivity (Wildman–Crippen MR) is 42.9 cm³/mol. The molecule has 1 nitrogen and oxygen atoms in total. The minimum absolute atomic E-state index is 0.142. The molecule has 0 aliphatic heterocycles. The average Bonchev–Trinajstić information content (AvgIpc) is 1.54. The van der Waals surface area contributed by atoms with Crippen molar-refractivity contribution in [2.24, 2.45) is 5.41 Å². The highest BCUT2D eigenvalue weighted by Crippen LogP contribution is 2.31. The molecular formula is C9H14O. The zero-order chi connectivity index (χ0) is 7.78. The van der Waals surface area contributed by atoms with E-state index in [1.807, 2.05) is 19.1 Å². The number of hydrogen-bond donors (Lipinski definition) is 1. The maximum absolute atomic E-state index is 9.20. The van der Waals surface area contributed by atoms with E-state index in [1.54, 1.807) is 0 Å². The molecule has 0 radical (unpaired) electrons. The Balaban J connectivity index is 2.88. The largest absolute Gasteiger partial charge is 0.508 e. The SMILES string of the molecule is CC1=CC(O)=CC(C)(C)C1. The van der Waals surface area contributed by atoms with E-state index >= 15 is 0 Å². The summed E-state index contributed by atoms with van der Waals surface area (Å²) >= 11 is 0. The Hall–Kier alpha value is -0.720. The highest BCUT2D eigenvalue weighted by atomic mass is 16.3. The van der Waals surface area contributed by atoms with E-state index in [1.165, 1.54) is 5.57 Å². The Morgan fingerprint density at radius 1 is 1.50 bits per heavy atom. The maximum Gasteiger partial charge on any atom is 0.112 e. The van der Waals surface area contributed by atoms with E-state index in [0.29, 0.717) is 5.76 Å². The molecule has 0 amide bonds. The van der Waals surface area contributed by atoms with Gasteiger partial charge in [0.1, 0.15) is 5.76 Å². The molecular weight excluding hydrogens is 124 g/mol. The van der Waals surface area contributed by atoms with Gasteiger partial charge in [0.25, 0.3) is 0 Å². The number of aliphatic hydroxyl groups excluding tert-OH is 1. The zero-order valence-electron chi connectivity index (χ0n) is 6.81. The monoisotopic (exact) mass is 138 g/mol. The first-order valence-corrected chi connectivity index (χ1v) is 3.59. The van der Waals surface area contributed by atoms with Crippen molar-refractivity contribution in [1.29, 1.82) is 0 Å². The van der Waals surface area contributed by atoms with Gasteiger partial charge in [-0.05, 0) is 30.9 Å². The van der Waals surface area contributed by atoms with Crippen molar-refractivity contribution in [3.05, 3.63) is 23.5 Å². The van der Waals surface area contributed by atoms with Crippen molar-refractivity contribution in [2.45, 2.75) is 27.2 Å². The molecule has 10 heavy (non-hydrogen) atoms. The Morgan fingerprint density at radius 2 is 2.10 bits per heavy atom. The summed E-state index contributed by atoms with van der Waals surface area (Å²) in [5.41, 5.74) is 1.40. The van der Waals surface area contributed by atoms with E-state index in [0.717, 1.165) is 6.42 Å². The van der Waals surface area contributed by atoms with Gasteiger partial charge in [-0.1, -0.05) is 19.4 Å². The van der Waals surface area contributed by atoms with E-state index < -0.39 is 0 Å². The summed E-state index contributed by atoms with van der Waals surface area (Å²) in [7, 11) is 0. The van der Waals surface area contributed by atoms with Crippen LogP contribution in [-0.2, 0) is 0 Å².